The predicted octanol–water partition coefficient (Wildman–Crippen LogP) is -0.793. The molecule has 2 fully saturated rings. The minimum absolute atomic E-state index is 0.0569. The first-order valence-electron chi connectivity index (χ1n) is 11.5. The van der Waals surface area contributed by atoms with Crippen molar-refractivity contribution in [1.29, 1.82) is 0 Å². The van der Waals surface area contributed by atoms with Gasteiger partial charge in [-0.25, -0.2) is 4.79 Å². The maximum atomic E-state index is 13.5. The molecule has 1 aromatic carbocycles. The first-order valence-corrected chi connectivity index (χ1v) is 11.5. The number of aromatic hydroxyl groups is 1. The van der Waals surface area contributed by atoms with Crippen LogP contribution in [0.4, 0.5) is 0 Å². The van der Waals surface area contributed by atoms with E-state index in [2.05, 4.69) is 16.0 Å². The van der Waals surface area contributed by atoms with Crippen LogP contribution in [0.1, 0.15) is 37.7 Å². The molecule has 0 saturated carbocycles. The summed E-state index contributed by atoms with van der Waals surface area (Å²) in [5.74, 6) is -4.38. The average molecular weight is 491 g/mol. The highest BCUT2D eigenvalue weighted by Gasteiger charge is 2.39. The summed E-state index contributed by atoms with van der Waals surface area (Å²) < 4.78 is 0. The number of benzene rings is 1. The highest BCUT2D eigenvalue weighted by molar-refractivity contribution is 5.95. The van der Waals surface area contributed by atoms with Gasteiger partial charge in [0.25, 0.3) is 0 Å². The molecular weight excluding hydrogens is 460 g/mol. The van der Waals surface area contributed by atoms with Crippen molar-refractivity contribution in [1.82, 2.24) is 20.9 Å². The maximum Gasteiger partial charge on any atom is 0.326 e. The van der Waals surface area contributed by atoms with E-state index in [4.69, 9.17) is 5.11 Å². The van der Waals surface area contributed by atoms with Crippen LogP contribution in [0, 0.1) is 0 Å². The van der Waals surface area contributed by atoms with Crippen LogP contribution in [0.2, 0.25) is 0 Å². The van der Waals surface area contributed by atoms with Gasteiger partial charge in [-0.05, 0) is 49.9 Å². The molecule has 12 nitrogen and oxygen atoms in total. The van der Waals surface area contributed by atoms with Crippen LogP contribution in [0.25, 0.3) is 0 Å². The topological polar surface area (TPSA) is 185 Å². The number of nitrogens with zero attached hydrogens (tertiary/aromatic N) is 1. The summed E-state index contributed by atoms with van der Waals surface area (Å²) in [6, 6.07) is 2.18. The van der Waals surface area contributed by atoms with E-state index < -0.39 is 54.3 Å². The lowest BCUT2D eigenvalue weighted by atomic mass is 10.0. The molecule has 0 bridgehead atoms. The molecule has 4 atom stereocenters. The van der Waals surface area contributed by atoms with Crippen LogP contribution in [-0.4, -0.2) is 87.1 Å². The summed E-state index contributed by atoms with van der Waals surface area (Å²) in [6.07, 6.45) is 1.57. The van der Waals surface area contributed by atoms with E-state index in [0.29, 0.717) is 24.9 Å². The predicted molar refractivity (Wildman–Crippen MR) is 121 cm³/mol. The number of carboxylic acid groups (broad SMARTS) is 2. The number of aliphatic carboxylic acids is 2. The first kappa shape index (κ1) is 25.9. The van der Waals surface area contributed by atoms with E-state index in [1.807, 2.05) is 0 Å². The number of hydrogen-bond donors (Lipinski definition) is 6. The lowest BCUT2D eigenvalue weighted by molar-refractivity contribution is -0.148. The first-order chi connectivity index (χ1) is 16.7. The molecule has 12 heteroatoms. The van der Waals surface area contributed by atoms with Gasteiger partial charge in [0.15, 0.2) is 0 Å². The minimum atomic E-state index is -1.63. The SMILES string of the molecule is O=C(O)CC(NC(=O)C1CCCN1C(=O)C(Cc1ccc(O)cc1)NC(=O)C1CCCN1)C(=O)O. The Morgan fingerprint density at radius 1 is 0.971 bits per heavy atom. The molecule has 3 rings (SSSR count). The summed E-state index contributed by atoms with van der Waals surface area (Å²) in [5.41, 5.74) is 0.688. The summed E-state index contributed by atoms with van der Waals surface area (Å²) in [4.78, 5) is 62.7. The summed E-state index contributed by atoms with van der Waals surface area (Å²) >= 11 is 0. The van der Waals surface area contributed by atoms with Crippen molar-refractivity contribution in [2.75, 3.05) is 13.1 Å². The van der Waals surface area contributed by atoms with Crippen molar-refractivity contribution in [3.8, 4) is 5.75 Å². The number of likely N-dealkylation sites (tertiary alicyclic amines) is 1. The zero-order chi connectivity index (χ0) is 25.5. The van der Waals surface area contributed by atoms with Gasteiger partial charge in [0.2, 0.25) is 17.7 Å². The molecule has 4 unspecified atom stereocenters. The number of amides is 3. The summed E-state index contributed by atoms with van der Waals surface area (Å²) in [5, 5.41) is 35.8. The Balaban J connectivity index is 1.76. The molecular formula is C23H30N4O8. The van der Waals surface area contributed by atoms with E-state index in [1.54, 1.807) is 12.1 Å². The molecule has 2 aliphatic rings. The molecule has 6 N–H and O–H groups in total. The second kappa shape index (κ2) is 11.6. The number of phenolic OH excluding ortho intramolecular Hbond substituents is 1. The van der Waals surface area contributed by atoms with Gasteiger partial charge < -0.3 is 36.2 Å². The van der Waals surface area contributed by atoms with Crippen LogP contribution in [0.15, 0.2) is 24.3 Å². The third kappa shape index (κ3) is 6.92. The quantitative estimate of drug-likeness (QED) is 0.244. The van der Waals surface area contributed by atoms with Gasteiger partial charge in [-0.15, -0.1) is 0 Å². The van der Waals surface area contributed by atoms with E-state index in [9.17, 15) is 34.2 Å². The fraction of sp³-hybridized carbons (Fsp3) is 0.522. The van der Waals surface area contributed by atoms with Crippen molar-refractivity contribution in [3.05, 3.63) is 29.8 Å². The molecule has 0 aromatic heterocycles. The number of nitrogens with one attached hydrogen (secondary N) is 3. The number of carboxylic acids is 2. The second-order valence-corrected chi connectivity index (χ2v) is 8.77. The van der Waals surface area contributed by atoms with Gasteiger partial charge in [0.1, 0.15) is 23.9 Å². The van der Waals surface area contributed by atoms with Gasteiger partial charge in [-0.2, -0.15) is 0 Å². The van der Waals surface area contributed by atoms with E-state index in [0.717, 1.165) is 6.42 Å². The van der Waals surface area contributed by atoms with Crippen LogP contribution in [-0.2, 0) is 30.4 Å². The second-order valence-electron chi connectivity index (χ2n) is 8.77. The van der Waals surface area contributed by atoms with Gasteiger partial charge in [-0.3, -0.25) is 19.2 Å². The zero-order valence-corrected chi connectivity index (χ0v) is 19.1. The monoisotopic (exact) mass is 490 g/mol. The Labute approximate surface area is 201 Å². The van der Waals surface area contributed by atoms with Gasteiger partial charge in [-0.1, -0.05) is 12.1 Å². The molecule has 1 aromatic rings. The number of carbonyl (C=O) groups excluding carboxylic acids is 3. The third-order valence-electron chi connectivity index (χ3n) is 6.20. The Kier molecular flexibility index (Phi) is 8.63. The summed E-state index contributed by atoms with van der Waals surface area (Å²) in [6.45, 7) is 0.932. The summed E-state index contributed by atoms with van der Waals surface area (Å²) in [7, 11) is 0. The van der Waals surface area contributed by atoms with Crippen molar-refractivity contribution in [2.24, 2.45) is 0 Å². The highest BCUT2D eigenvalue weighted by Crippen LogP contribution is 2.21. The van der Waals surface area contributed by atoms with E-state index in [1.165, 1.54) is 17.0 Å². The van der Waals surface area contributed by atoms with Gasteiger partial charge in [0, 0.05) is 13.0 Å². The largest absolute Gasteiger partial charge is 0.508 e. The Bertz CT molecular complexity index is 961. The van der Waals surface area contributed by atoms with Gasteiger partial charge in [0.05, 0.1) is 12.5 Å². The molecule has 2 heterocycles. The Hall–Kier alpha value is -3.67. The molecule has 2 aliphatic heterocycles. The fourth-order valence-corrected chi connectivity index (χ4v) is 4.39. The van der Waals surface area contributed by atoms with Crippen LogP contribution in [0.3, 0.4) is 0 Å². The van der Waals surface area contributed by atoms with Crippen molar-refractivity contribution in [3.63, 3.8) is 0 Å². The van der Waals surface area contributed by atoms with Crippen molar-refractivity contribution >= 4 is 29.7 Å². The lowest BCUT2D eigenvalue weighted by Crippen LogP contribution is -2.57. The van der Waals surface area contributed by atoms with Crippen molar-refractivity contribution < 1.29 is 39.3 Å². The Morgan fingerprint density at radius 3 is 2.26 bits per heavy atom. The van der Waals surface area contributed by atoms with Crippen LogP contribution >= 0.6 is 0 Å². The van der Waals surface area contributed by atoms with E-state index in [-0.39, 0.29) is 31.0 Å². The molecule has 0 radical (unpaired) electrons. The number of carbonyl (C=O) groups is 5. The maximum absolute atomic E-state index is 13.5. The standard InChI is InChI=1S/C23H30N4O8/c28-14-7-5-13(6-8-14)11-16(25-20(31)15-3-1-9-24-15)22(33)27-10-2-4-18(27)21(32)26-17(23(34)35)12-19(29)30/h5-8,15-18,24,28H,1-4,9-12H2,(H,25,31)(H,26,32)(H,29,30)(H,34,35). The normalized spacial score (nSPS) is 21.2. The number of rotatable bonds is 10. The average Bonchev–Trinajstić information content (AvgIpc) is 3.51. The van der Waals surface area contributed by atoms with Gasteiger partial charge >= 0.3 is 11.9 Å². The Morgan fingerprint density at radius 2 is 1.66 bits per heavy atom. The minimum Gasteiger partial charge on any atom is -0.508 e. The fourth-order valence-electron chi connectivity index (χ4n) is 4.39. The number of phenols is 1. The van der Waals surface area contributed by atoms with Crippen LogP contribution < -0.4 is 16.0 Å². The molecule has 35 heavy (non-hydrogen) atoms. The zero-order valence-electron chi connectivity index (χ0n) is 19.1. The highest BCUT2D eigenvalue weighted by atomic mass is 16.4. The molecule has 0 aliphatic carbocycles. The smallest absolute Gasteiger partial charge is 0.326 e. The third-order valence-corrected chi connectivity index (χ3v) is 6.20. The van der Waals surface area contributed by atoms with Crippen molar-refractivity contribution in [2.45, 2.75) is 62.7 Å². The molecule has 2 saturated heterocycles. The van der Waals surface area contributed by atoms with E-state index >= 15 is 0 Å². The molecule has 3 amide bonds. The van der Waals surface area contributed by atoms with Crippen LogP contribution in [0.5, 0.6) is 5.75 Å². The molecule has 190 valence electrons. The number of hydrogen-bond acceptors (Lipinski definition) is 7. The lowest BCUT2D eigenvalue weighted by Gasteiger charge is -2.30. The molecule has 0 spiro atoms.